The van der Waals surface area contributed by atoms with Gasteiger partial charge in [-0.15, -0.1) is 0 Å². The number of imidazole rings is 1. The lowest BCUT2D eigenvalue weighted by Crippen LogP contribution is -2.26. The molecule has 4 aromatic rings. The molecule has 0 radical (unpaired) electrons. The van der Waals surface area contributed by atoms with Crippen LogP contribution in [0.15, 0.2) is 95.0 Å². The van der Waals surface area contributed by atoms with Crippen molar-refractivity contribution in [1.82, 2.24) is 14.3 Å². The average molecular weight is 520 g/mol. The summed E-state index contributed by atoms with van der Waals surface area (Å²) in [5.41, 5.74) is 5.26. The summed E-state index contributed by atoms with van der Waals surface area (Å²) in [6.07, 6.45) is 0. The summed E-state index contributed by atoms with van der Waals surface area (Å²) in [4.78, 5) is 5.29. The number of aromatic nitrogens is 2. The summed E-state index contributed by atoms with van der Waals surface area (Å²) in [5.74, 6) is 0.568. The van der Waals surface area contributed by atoms with Crippen LogP contribution < -0.4 is 4.72 Å². The molecule has 0 aliphatic heterocycles. The van der Waals surface area contributed by atoms with Gasteiger partial charge in [0, 0.05) is 30.0 Å². The number of benzene rings is 3. The molecule has 0 amide bonds. The molecule has 0 fully saturated rings. The Morgan fingerprint density at radius 3 is 2.00 bits per heavy atom. The number of thioether (sulfide) groups is 1. The molecule has 0 saturated heterocycles. The van der Waals surface area contributed by atoms with Crippen LogP contribution in [0.4, 0.5) is 0 Å². The van der Waals surface area contributed by atoms with Crippen molar-refractivity contribution >= 4 is 21.8 Å². The van der Waals surface area contributed by atoms with Gasteiger partial charge in [-0.05, 0) is 30.0 Å². The number of hydrogen-bond acceptors (Lipinski definition) is 4. The lowest BCUT2D eigenvalue weighted by atomic mass is 9.87. The van der Waals surface area contributed by atoms with Crippen LogP contribution in [0.5, 0.6) is 0 Å². The maximum absolute atomic E-state index is 12.8. The molecule has 0 spiro atoms. The van der Waals surface area contributed by atoms with E-state index in [0.717, 1.165) is 39.8 Å². The van der Waals surface area contributed by atoms with Crippen LogP contribution >= 0.6 is 11.8 Å². The van der Waals surface area contributed by atoms with Crippen LogP contribution in [-0.4, -0.2) is 30.3 Å². The first-order valence-corrected chi connectivity index (χ1v) is 14.6. The second-order valence-corrected chi connectivity index (χ2v) is 12.4. The van der Waals surface area contributed by atoms with Crippen molar-refractivity contribution in [3.63, 3.8) is 0 Å². The maximum Gasteiger partial charge on any atom is 0.240 e. The summed E-state index contributed by atoms with van der Waals surface area (Å²) in [6, 6.07) is 27.6. The fourth-order valence-electron chi connectivity index (χ4n) is 4.06. The van der Waals surface area contributed by atoms with E-state index in [4.69, 9.17) is 4.98 Å². The molecule has 0 saturated carbocycles. The highest BCUT2D eigenvalue weighted by atomic mass is 32.2. The Bertz CT molecular complexity index is 1390. The second kappa shape index (κ2) is 11.0. The van der Waals surface area contributed by atoms with Gasteiger partial charge in [0.05, 0.1) is 16.3 Å². The van der Waals surface area contributed by atoms with Gasteiger partial charge in [-0.25, -0.2) is 18.1 Å². The Kier molecular flexibility index (Phi) is 8.03. The summed E-state index contributed by atoms with van der Waals surface area (Å²) < 4.78 is 30.6. The van der Waals surface area contributed by atoms with Gasteiger partial charge in [0.1, 0.15) is 0 Å². The number of hydrogen-bond donors (Lipinski definition) is 1. The highest BCUT2D eigenvalue weighted by Crippen LogP contribution is 2.35. The Labute approximate surface area is 219 Å². The van der Waals surface area contributed by atoms with Gasteiger partial charge in [-0.2, -0.15) is 0 Å². The van der Waals surface area contributed by atoms with E-state index in [1.165, 1.54) is 0 Å². The van der Waals surface area contributed by atoms with Gasteiger partial charge in [0.25, 0.3) is 0 Å². The van der Waals surface area contributed by atoms with Crippen molar-refractivity contribution in [2.45, 2.75) is 49.7 Å². The lowest BCUT2D eigenvalue weighted by Gasteiger charge is -2.19. The standard InChI is InChI=1S/C29H33N3O2S2/c1-5-32-27(23-14-10-7-11-15-23)26(22-12-8-6-9-13-22)31-28(32)35-21-20-30-36(33,34)25-18-16-24(17-19-25)29(2,3)4/h6-19,30H,5,20-21H2,1-4H3. The smallest absolute Gasteiger partial charge is 0.240 e. The lowest BCUT2D eigenvalue weighted by molar-refractivity contribution is 0.580. The number of rotatable bonds is 9. The third-order valence-corrected chi connectivity index (χ3v) is 8.45. The molecule has 4 rings (SSSR count). The first-order valence-electron chi connectivity index (χ1n) is 12.1. The Balaban J connectivity index is 1.51. The molecule has 5 nitrogen and oxygen atoms in total. The molecule has 0 aliphatic carbocycles. The van der Waals surface area contributed by atoms with Crippen LogP contribution in [0.2, 0.25) is 0 Å². The quantitative estimate of drug-likeness (QED) is 0.200. The van der Waals surface area contributed by atoms with Gasteiger partial charge in [0.15, 0.2) is 5.16 Å². The summed E-state index contributed by atoms with van der Waals surface area (Å²) >= 11 is 1.56. The van der Waals surface area contributed by atoms with E-state index in [-0.39, 0.29) is 10.3 Å². The predicted octanol–water partition coefficient (Wildman–Crippen LogP) is 6.61. The van der Waals surface area contributed by atoms with E-state index in [0.29, 0.717) is 12.3 Å². The third-order valence-electron chi connectivity index (χ3n) is 6.00. The molecule has 1 aromatic heterocycles. The van der Waals surface area contributed by atoms with Gasteiger partial charge >= 0.3 is 0 Å². The molecule has 0 unspecified atom stereocenters. The molecular formula is C29H33N3O2S2. The average Bonchev–Trinajstić information content (AvgIpc) is 3.26. The predicted molar refractivity (Wildman–Crippen MR) is 150 cm³/mol. The third kappa shape index (κ3) is 5.91. The molecule has 1 heterocycles. The Morgan fingerprint density at radius 1 is 0.861 bits per heavy atom. The van der Waals surface area contributed by atoms with Crippen LogP contribution in [0.3, 0.4) is 0 Å². The van der Waals surface area contributed by atoms with Crippen molar-refractivity contribution < 1.29 is 8.42 Å². The molecule has 188 valence electrons. The van der Waals surface area contributed by atoms with Crippen molar-refractivity contribution in [1.29, 1.82) is 0 Å². The molecule has 7 heteroatoms. The van der Waals surface area contributed by atoms with Gasteiger partial charge in [0.2, 0.25) is 10.0 Å². The van der Waals surface area contributed by atoms with Crippen molar-refractivity contribution in [2.75, 3.05) is 12.3 Å². The maximum atomic E-state index is 12.8. The SMILES string of the molecule is CCn1c(SCCNS(=O)(=O)c2ccc(C(C)(C)C)cc2)nc(-c2ccccc2)c1-c1ccccc1. The van der Waals surface area contributed by atoms with Crippen LogP contribution in [-0.2, 0) is 22.0 Å². The fraction of sp³-hybridized carbons (Fsp3) is 0.276. The van der Waals surface area contributed by atoms with Gasteiger partial charge in [-0.1, -0.05) is 105 Å². The first-order chi connectivity index (χ1) is 17.2. The molecular weight excluding hydrogens is 486 g/mol. The highest BCUT2D eigenvalue weighted by molar-refractivity contribution is 7.99. The van der Waals surface area contributed by atoms with Crippen molar-refractivity contribution in [2.24, 2.45) is 0 Å². The van der Waals surface area contributed by atoms with E-state index in [1.807, 2.05) is 48.5 Å². The monoisotopic (exact) mass is 519 g/mol. The summed E-state index contributed by atoms with van der Waals surface area (Å²) in [6.45, 7) is 9.51. The highest BCUT2D eigenvalue weighted by Gasteiger charge is 2.20. The molecule has 0 aliphatic rings. The minimum Gasteiger partial charge on any atom is -0.319 e. The van der Waals surface area contributed by atoms with Crippen molar-refractivity contribution in [3.8, 4) is 22.5 Å². The Hall–Kier alpha value is -2.87. The number of nitrogens with zero attached hydrogens (tertiary/aromatic N) is 2. The van der Waals surface area contributed by atoms with E-state index >= 15 is 0 Å². The minimum atomic E-state index is -3.57. The van der Waals surface area contributed by atoms with E-state index in [2.05, 4.69) is 61.2 Å². The zero-order valence-electron chi connectivity index (χ0n) is 21.2. The Morgan fingerprint density at radius 2 is 1.44 bits per heavy atom. The zero-order chi connectivity index (χ0) is 25.8. The van der Waals surface area contributed by atoms with E-state index in [1.54, 1.807) is 23.9 Å². The molecule has 36 heavy (non-hydrogen) atoms. The summed E-state index contributed by atoms with van der Waals surface area (Å²) in [5, 5.41) is 0.879. The van der Waals surface area contributed by atoms with Crippen LogP contribution in [0, 0.1) is 0 Å². The minimum absolute atomic E-state index is 0.0231. The summed E-state index contributed by atoms with van der Waals surface area (Å²) in [7, 11) is -3.57. The fourth-order valence-corrected chi connectivity index (χ4v) is 6.14. The van der Waals surface area contributed by atoms with E-state index < -0.39 is 10.0 Å². The van der Waals surface area contributed by atoms with Crippen LogP contribution in [0.25, 0.3) is 22.5 Å². The molecule has 0 bridgehead atoms. The van der Waals surface area contributed by atoms with E-state index in [9.17, 15) is 8.42 Å². The molecule has 1 N–H and O–H groups in total. The second-order valence-electron chi connectivity index (χ2n) is 9.59. The van der Waals surface area contributed by atoms with Crippen molar-refractivity contribution in [3.05, 3.63) is 90.5 Å². The molecule has 0 atom stereocenters. The largest absolute Gasteiger partial charge is 0.319 e. The topological polar surface area (TPSA) is 64.0 Å². The van der Waals surface area contributed by atoms with Gasteiger partial charge < -0.3 is 4.57 Å². The normalized spacial score (nSPS) is 12.1. The number of sulfonamides is 1. The first kappa shape index (κ1) is 26.2. The molecule has 3 aromatic carbocycles. The van der Waals surface area contributed by atoms with Gasteiger partial charge in [-0.3, -0.25) is 0 Å². The van der Waals surface area contributed by atoms with Crippen LogP contribution in [0.1, 0.15) is 33.3 Å². The number of nitrogens with one attached hydrogen (secondary N) is 1. The zero-order valence-corrected chi connectivity index (χ0v) is 22.9.